The Morgan fingerprint density at radius 3 is 2.78 bits per heavy atom. The van der Waals surface area contributed by atoms with Crippen LogP contribution in [0, 0.1) is 17.1 Å². The molecule has 1 fully saturated rings. The van der Waals surface area contributed by atoms with Gasteiger partial charge in [0.25, 0.3) is 0 Å². The molecule has 2 N–H and O–H groups in total. The number of guanidine groups is 1. The molecule has 1 aliphatic rings. The summed E-state index contributed by atoms with van der Waals surface area (Å²) in [6.07, 6.45) is 2.33. The Morgan fingerprint density at radius 1 is 1.41 bits per heavy atom. The van der Waals surface area contributed by atoms with E-state index in [4.69, 9.17) is 10.00 Å². The van der Waals surface area contributed by atoms with Crippen LogP contribution in [0.15, 0.2) is 23.2 Å². The Kier molecular flexibility index (Phi) is 8.49. The maximum Gasteiger partial charge on any atom is 0.191 e. The van der Waals surface area contributed by atoms with E-state index in [1.807, 2.05) is 6.07 Å². The predicted octanol–water partition coefficient (Wildman–Crippen LogP) is 2.25. The van der Waals surface area contributed by atoms with Crippen molar-refractivity contribution in [2.45, 2.75) is 45.4 Å². The molecule has 0 atom stereocenters. The quantitative estimate of drug-likeness (QED) is 0.565. The maximum atomic E-state index is 13.9. The third kappa shape index (κ3) is 7.16. The van der Waals surface area contributed by atoms with Crippen LogP contribution in [0.4, 0.5) is 4.39 Å². The molecule has 2 rings (SSSR count). The van der Waals surface area contributed by atoms with Gasteiger partial charge in [0.1, 0.15) is 5.82 Å². The number of nitrogens with one attached hydrogen (secondary N) is 2. The topological polar surface area (TPSA) is 72.7 Å². The molecule has 0 amide bonds. The summed E-state index contributed by atoms with van der Waals surface area (Å²) in [7, 11) is 1.70. The molecule has 0 aliphatic carbocycles. The van der Waals surface area contributed by atoms with E-state index >= 15 is 0 Å². The fourth-order valence-electron chi connectivity index (χ4n) is 3.07. The molecular weight excluding hydrogens is 345 g/mol. The smallest absolute Gasteiger partial charge is 0.191 e. The van der Waals surface area contributed by atoms with Crippen molar-refractivity contribution in [3.8, 4) is 6.07 Å². The lowest BCUT2D eigenvalue weighted by atomic mass is 10.1. The second-order valence-corrected chi connectivity index (χ2v) is 7.02. The van der Waals surface area contributed by atoms with E-state index in [1.165, 1.54) is 12.1 Å². The van der Waals surface area contributed by atoms with Crippen LogP contribution in [-0.2, 0) is 11.3 Å². The minimum atomic E-state index is -0.325. The van der Waals surface area contributed by atoms with Gasteiger partial charge in [0.05, 0.1) is 24.3 Å². The van der Waals surface area contributed by atoms with Gasteiger partial charge in [-0.25, -0.2) is 4.39 Å². The average molecular weight is 375 g/mol. The van der Waals surface area contributed by atoms with Gasteiger partial charge in [-0.1, -0.05) is 0 Å². The van der Waals surface area contributed by atoms with E-state index in [2.05, 4.69) is 34.4 Å². The van der Waals surface area contributed by atoms with E-state index in [9.17, 15) is 4.39 Å². The van der Waals surface area contributed by atoms with Crippen molar-refractivity contribution in [3.63, 3.8) is 0 Å². The van der Waals surface area contributed by atoms with E-state index in [0.717, 1.165) is 39.1 Å². The summed E-state index contributed by atoms with van der Waals surface area (Å²) in [5.74, 6) is 0.326. The first-order valence-electron chi connectivity index (χ1n) is 9.51. The Morgan fingerprint density at radius 2 is 2.15 bits per heavy atom. The lowest BCUT2D eigenvalue weighted by Gasteiger charge is -2.33. The lowest BCUT2D eigenvalue weighted by molar-refractivity contribution is 0.0532. The van der Waals surface area contributed by atoms with Crippen LogP contribution in [0.2, 0.25) is 0 Å². The molecule has 1 saturated heterocycles. The monoisotopic (exact) mass is 375 g/mol. The van der Waals surface area contributed by atoms with Gasteiger partial charge in [0.15, 0.2) is 5.96 Å². The Bertz CT molecular complexity index is 663. The number of aliphatic imine (C=N–C) groups is 1. The minimum absolute atomic E-state index is 0.275. The first kappa shape index (κ1) is 21.1. The van der Waals surface area contributed by atoms with E-state index in [1.54, 1.807) is 13.1 Å². The summed E-state index contributed by atoms with van der Waals surface area (Å²) >= 11 is 0. The van der Waals surface area contributed by atoms with Crippen molar-refractivity contribution in [3.05, 3.63) is 35.1 Å². The molecule has 0 radical (unpaired) electrons. The molecule has 0 unspecified atom stereocenters. The zero-order valence-electron chi connectivity index (χ0n) is 16.5. The molecule has 148 valence electrons. The molecule has 0 bridgehead atoms. The number of piperidine rings is 1. The van der Waals surface area contributed by atoms with E-state index < -0.39 is 0 Å². The molecule has 27 heavy (non-hydrogen) atoms. The van der Waals surface area contributed by atoms with Crippen LogP contribution in [0.1, 0.15) is 37.8 Å². The number of ether oxygens (including phenoxy) is 1. The SMILES string of the molecule is CN=C(NCc1cc(C#N)ccc1F)NC1CCN(CCOC(C)C)CC1. The third-order valence-corrected chi connectivity index (χ3v) is 4.63. The van der Waals surface area contributed by atoms with Crippen LogP contribution in [-0.4, -0.2) is 56.3 Å². The zero-order chi connectivity index (χ0) is 19.6. The van der Waals surface area contributed by atoms with Crippen LogP contribution in [0.3, 0.4) is 0 Å². The molecule has 7 heteroatoms. The van der Waals surface area contributed by atoms with E-state index in [0.29, 0.717) is 23.1 Å². The number of hydrogen-bond acceptors (Lipinski definition) is 4. The first-order valence-corrected chi connectivity index (χ1v) is 9.51. The maximum absolute atomic E-state index is 13.9. The molecule has 1 aromatic rings. The molecule has 6 nitrogen and oxygen atoms in total. The molecular formula is C20H30FN5O. The highest BCUT2D eigenvalue weighted by Gasteiger charge is 2.20. The largest absolute Gasteiger partial charge is 0.377 e. The molecule has 0 spiro atoms. The Labute approximate surface area is 161 Å². The summed E-state index contributed by atoms with van der Waals surface area (Å²) in [6, 6.07) is 6.74. The summed E-state index contributed by atoms with van der Waals surface area (Å²) in [5.41, 5.74) is 0.905. The fourth-order valence-corrected chi connectivity index (χ4v) is 3.07. The number of nitriles is 1. The molecule has 1 aliphatic heterocycles. The number of nitrogens with zero attached hydrogens (tertiary/aromatic N) is 3. The minimum Gasteiger partial charge on any atom is -0.377 e. The van der Waals surface area contributed by atoms with Crippen molar-refractivity contribution >= 4 is 5.96 Å². The average Bonchev–Trinajstić information content (AvgIpc) is 2.67. The zero-order valence-corrected chi connectivity index (χ0v) is 16.5. The molecule has 1 heterocycles. The van der Waals surface area contributed by atoms with Gasteiger partial charge < -0.3 is 20.3 Å². The first-order chi connectivity index (χ1) is 13.0. The van der Waals surface area contributed by atoms with E-state index in [-0.39, 0.29) is 18.5 Å². The fraction of sp³-hybridized carbons (Fsp3) is 0.600. The van der Waals surface area contributed by atoms with Gasteiger partial charge in [-0.2, -0.15) is 5.26 Å². The number of hydrogen-bond donors (Lipinski definition) is 2. The summed E-state index contributed by atoms with van der Waals surface area (Å²) in [4.78, 5) is 6.65. The summed E-state index contributed by atoms with van der Waals surface area (Å²) in [6.45, 7) is 8.17. The highest BCUT2D eigenvalue weighted by atomic mass is 19.1. The lowest BCUT2D eigenvalue weighted by Crippen LogP contribution is -2.49. The van der Waals surface area contributed by atoms with Gasteiger partial charge >= 0.3 is 0 Å². The summed E-state index contributed by atoms with van der Waals surface area (Å²) in [5, 5.41) is 15.5. The van der Waals surface area contributed by atoms with Crippen molar-refractivity contribution < 1.29 is 9.13 Å². The van der Waals surface area contributed by atoms with Gasteiger partial charge in [0, 0.05) is 44.8 Å². The van der Waals surface area contributed by atoms with Crippen LogP contribution in [0.5, 0.6) is 0 Å². The second-order valence-electron chi connectivity index (χ2n) is 7.02. The predicted molar refractivity (Wildman–Crippen MR) is 105 cm³/mol. The Hall–Kier alpha value is -2.17. The third-order valence-electron chi connectivity index (χ3n) is 4.63. The highest BCUT2D eigenvalue weighted by Crippen LogP contribution is 2.11. The highest BCUT2D eigenvalue weighted by molar-refractivity contribution is 5.80. The summed E-state index contributed by atoms with van der Waals surface area (Å²) < 4.78 is 19.5. The van der Waals surface area contributed by atoms with Crippen LogP contribution >= 0.6 is 0 Å². The van der Waals surface area contributed by atoms with Crippen molar-refractivity contribution in [1.29, 1.82) is 5.26 Å². The van der Waals surface area contributed by atoms with Gasteiger partial charge in [-0.05, 0) is 44.9 Å². The number of benzene rings is 1. The second kappa shape index (κ2) is 10.9. The van der Waals surface area contributed by atoms with Crippen molar-refractivity contribution in [2.24, 2.45) is 4.99 Å². The Balaban J connectivity index is 1.76. The number of rotatable bonds is 7. The normalized spacial score (nSPS) is 16.4. The van der Waals surface area contributed by atoms with Gasteiger partial charge in [0.2, 0.25) is 0 Å². The molecule has 1 aromatic carbocycles. The number of likely N-dealkylation sites (tertiary alicyclic amines) is 1. The standard InChI is InChI=1S/C20H30FN5O/c1-15(2)27-11-10-26-8-6-18(7-9-26)25-20(23-3)24-14-17-12-16(13-22)4-5-19(17)21/h4-5,12,15,18H,6-11,14H2,1-3H3,(H2,23,24,25). The number of halogens is 1. The van der Waals surface area contributed by atoms with Crippen molar-refractivity contribution in [2.75, 3.05) is 33.3 Å². The van der Waals surface area contributed by atoms with Crippen LogP contribution < -0.4 is 10.6 Å². The molecule has 0 aromatic heterocycles. The van der Waals surface area contributed by atoms with Gasteiger partial charge in [-0.3, -0.25) is 4.99 Å². The van der Waals surface area contributed by atoms with Crippen molar-refractivity contribution in [1.82, 2.24) is 15.5 Å². The van der Waals surface area contributed by atoms with Gasteiger partial charge in [-0.15, -0.1) is 0 Å². The van der Waals surface area contributed by atoms with Crippen LogP contribution in [0.25, 0.3) is 0 Å². The molecule has 0 saturated carbocycles.